The molecule has 0 aliphatic heterocycles. The van der Waals surface area contributed by atoms with Crippen molar-refractivity contribution in [2.24, 2.45) is 0 Å². The molecule has 2 aromatic rings. The van der Waals surface area contributed by atoms with E-state index in [1.807, 2.05) is 57.2 Å². The Kier molecular flexibility index (Phi) is 5.74. The number of aryl methyl sites for hydroxylation is 3. The molecular weight excluding hydrogens is 300 g/mol. The summed E-state index contributed by atoms with van der Waals surface area (Å²) in [4.78, 5) is 25.9. The van der Waals surface area contributed by atoms with E-state index in [4.69, 9.17) is 0 Å². The number of hydrogen-bond donors (Lipinski definition) is 1. The van der Waals surface area contributed by atoms with Crippen LogP contribution in [-0.4, -0.2) is 24.9 Å². The minimum atomic E-state index is -0.114. The molecule has 0 fully saturated rings. The second-order valence-electron chi connectivity index (χ2n) is 6.01. The lowest BCUT2D eigenvalue weighted by atomic mass is 10.1. The number of carbonyl (C=O) groups excluding carboxylic acids is 2. The second kappa shape index (κ2) is 7.77. The SMILES string of the molecule is CC(=O)N(CCNC(=O)c1ccccc1C)c1ccc(C)c(C)c1. The Balaban J connectivity index is 2.02. The van der Waals surface area contributed by atoms with Crippen molar-refractivity contribution in [2.45, 2.75) is 27.7 Å². The fourth-order valence-corrected chi connectivity index (χ4v) is 2.57. The summed E-state index contributed by atoms with van der Waals surface area (Å²) in [6, 6.07) is 13.4. The van der Waals surface area contributed by atoms with Crippen LogP contribution in [0.25, 0.3) is 0 Å². The van der Waals surface area contributed by atoms with Gasteiger partial charge in [-0.3, -0.25) is 9.59 Å². The molecule has 0 atom stereocenters. The standard InChI is InChI=1S/C20H24N2O2/c1-14-9-10-18(13-16(14)3)22(17(4)23)12-11-21-20(24)19-8-6-5-7-15(19)2/h5-10,13H,11-12H2,1-4H3,(H,21,24). The van der Waals surface area contributed by atoms with Crippen LogP contribution >= 0.6 is 0 Å². The van der Waals surface area contributed by atoms with Gasteiger partial charge in [-0.15, -0.1) is 0 Å². The first-order valence-electron chi connectivity index (χ1n) is 8.09. The molecule has 4 heteroatoms. The Labute approximate surface area is 143 Å². The van der Waals surface area contributed by atoms with Crippen LogP contribution < -0.4 is 10.2 Å². The smallest absolute Gasteiger partial charge is 0.251 e. The van der Waals surface area contributed by atoms with Gasteiger partial charge >= 0.3 is 0 Å². The van der Waals surface area contributed by atoms with Crippen molar-refractivity contribution in [1.82, 2.24) is 5.32 Å². The summed E-state index contributed by atoms with van der Waals surface area (Å²) >= 11 is 0. The van der Waals surface area contributed by atoms with Crippen LogP contribution in [0.5, 0.6) is 0 Å². The molecule has 0 unspecified atom stereocenters. The molecule has 0 aliphatic carbocycles. The number of anilines is 1. The third kappa shape index (κ3) is 4.22. The molecule has 4 nitrogen and oxygen atoms in total. The van der Waals surface area contributed by atoms with Crippen molar-refractivity contribution in [1.29, 1.82) is 0 Å². The maximum absolute atomic E-state index is 12.2. The Morgan fingerprint density at radius 3 is 2.29 bits per heavy atom. The zero-order chi connectivity index (χ0) is 17.7. The minimum Gasteiger partial charge on any atom is -0.350 e. The lowest BCUT2D eigenvalue weighted by Crippen LogP contribution is -2.37. The van der Waals surface area contributed by atoms with Crippen LogP contribution in [0, 0.1) is 20.8 Å². The van der Waals surface area contributed by atoms with E-state index >= 15 is 0 Å². The van der Waals surface area contributed by atoms with E-state index in [0.717, 1.165) is 16.8 Å². The summed E-state index contributed by atoms with van der Waals surface area (Å²) in [6.07, 6.45) is 0. The van der Waals surface area contributed by atoms with E-state index in [2.05, 4.69) is 5.32 Å². The highest BCUT2D eigenvalue weighted by molar-refractivity contribution is 5.96. The van der Waals surface area contributed by atoms with E-state index < -0.39 is 0 Å². The number of rotatable bonds is 5. The van der Waals surface area contributed by atoms with Gasteiger partial charge in [-0.2, -0.15) is 0 Å². The Hall–Kier alpha value is -2.62. The Morgan fingerprint density at radius 2 is 1.67 bits per heavy atom. The average molecular weight is 324 g/mol. The first-order valence-corrected chi connectivity index (χ1v) is 8.09. The predicted molar refractivity (Wildman–Crippen MR) is 97.5 cm³/mol. The Morgan fingerprint density at radius 1 is 0.958 bits per heavy atom. The maximum atomic E-state index is 12.2. The molecule has 24 heavy (non-hydrogen) atoms. The normalized spacial score (nSPS) is 10.3. The first kappa shape index (κ1) is 17.7. The van der Waals surface area contributed by atoms with Gasteiger partial charge in [-0.25, -0.2) is 0 Å². The predicted octanol–water partition coefficient (Wildman–Crippen LogP) is 3.39. The number of nitrogens with one attached hydrogen (secondary N) is 1. The van der Waals surface area contributed by atoms with Crippen LogP contribution in [0.4, 0.5) is 5.69 Å². The highest BCUT2D eigenvalue weighted by Crippen LogP contribution is 2.18. The summed E-state index contributed by atoms with van der Waals surface area (Å²) in [5.41, 5.74) is 4.79. The van der Waals surface area contributed by atoms with Gasteiger partial charge in [-0.1, -0.05) is 24.3 Å². The molecule has 2 amide bonds. The molecule has 0 heterocycles. The quantitative estimate of drug-likeness (QED) is 0.916. The number of nitrogens with zero attached hydrogens (tertiary/aromatic N) is 1. The molecule has 0 saturated heterocycles. The van der Waals surface area contributed by atoms with E-state index in [-0.39, 0.29) is 11.8 Å². The highest BCUT2D eigenvalue weighted by atomic mass is 16.2. The van der Waals surface area contributed by atoms with E-state index in [1.165, 1.54) is 5.56 Å². The van der Waals surface area contributed by atoms with Gasteiger partial charge in [0.2, 0.25) is 5.91 Å². The number of carbonyl (C=O) groups is 2. The largest absolute Gasteiger partial charge is 0.350 e. The fourth-order valence-electron chi connectivity index (χ4n) is 2.57. The molecular formula is C20H24N2O2. The molecule has 126 valence electrons. The van der Waals surface area contributed by atoms with Crippen molar-refractivity contribution in [3.63, 3.8) is 0 Å². The van der Waals surface area contributed by atoms with Gasteiger partial charge in [0.25, 0.3) is 5.91 Å². The summed E-state index contributed by atoms with van der Waals surface area (Å²) in [5, 5.41) is 2.89. The van der Waals surface area contributed by atoms with Crippen molar-refractivity contribution in [2.75, 3.05) is 18.0 Å². The van der Waals surface area contributed by atoms with E-state index in [9.17, 15) is 9.59 Å². The topological polar surface area (TPSA) is 49.4 Å². The average Bonchev–Trinajstić information content (AvgIpc) is 2.54. The zero-order valence-corrected chi connectivity index (χ0v) is 14.7. The van der Waals surface area contributed by atoms with Crippen molar-refractivity contribution in [3.8, 4) is 0 Å². The van der Waals surface area contributed by atoms with Crippen molar-refractivity contribution < 1.29 is 9.59 Å². The molecule has 0 spiro atoms. The summed E-state index contributed by atoms with van der Waals surface area (Å²) in [5.74, 6) is -0.153. The van der Waals surface area contributed by atoms with Gasteiger partial charge in [0.05, 0.1) is 0 Å². The number of hydrogen-bond acceptors (Lipinski definition) is 2. The number of amides is 2. The van der Waals surface area contributed by atoms with Gasteiger partial charge in [0, 0.05) is 31.3 Å². The minimum absolute atomic E-state index is 0.0385. The van der Waals surface area contributed by atoms with Gasteiger partial charge in [-0.05, 0) is 55.7 Å². The third-order valence-corrected chi connectivity index (χ3v) is 4.19. The third-order valence-electron chi connectivity index (χ3n) is 4.19. The molecule has 2 rings (SSSR count). The fraction of sp³-hybridized carbons (Fsp3) is 0.300. The molecule has 1 N–H and O–H groups in total. The van der Waals surface area contributed by atoms with Crippen LogP contribution in [0.15, 0.2) is 42.5 Å². The summed E-state index contributed by atoms with van der Waals surface area (Å²) in [7, 11) is 0. The Bertz CT molecular complexity index is 753. The zero-order valence-electron chi connectivity index (χ0n) is 14.7. The van der Waals surface area contributed by atoms with Gasteiger partial charge in [0.1, 0.15) is 0 Å². The van der Waals surface area contributed by atoms with Crippen LogP contribution in [-0.2, 0) is 4.79 Å². The molecule has 0 aromatic heterocycles. The monoisotopic (exact) mass is 324 g/mol. The van der Waals surface area contributed by atoms with Crippen molar-refractivity contribution >= 4 is 17.5 Å². The lowest BCUT2D eigenvalue weighted by molar-refractivity contribution is -0.116. The van der Waals surface area contributed by atoms with Crippen molar-refractivity contribution in [3.05, 3.63) is 64.7 Å². The van der Waals surface area contributed by atoms with Crippen LogP contribution in [0.2, 0.25) is 0 Å². The van der Waals surface area contributed by atoms with Crippen LogP contribution in [0.3, 0.4) is 0 Å². The van der Waals surface area contributed by atoms with Crippen LogP contribution in [0.1, 0.15) is 34.0 Å². The lowest BCUT2D eigenvalue weighted by Gasteiger charge is -2.22. The molecule has 0 saturated carbocycles. The van der Waals surface area contributed by atoms with E-state index in [0.29, 0.717) is 18.7 Å². The van der Waals surface area contributed by atoms with E-state index in [1.54, 1.807) is 17.9 Å². The maximum Gasteiger partial charge on any atom is 0.251 e. The number of benzene rings is 2. The molecule has 0 bridgehead atoms. The second-order valence-corrected chi connectivity index (χ2v) is 6.01. The molecule has 0 radical (unpaired) electrons. The molecule has 2 aromatic carbocycles. The highest BCUT2D eigenvalue weighted by Gasteiger charge is 2.13. The van der Waals surface area contributed by atoms with Gasteiger partial charge < -0.3 is 10.2 Å². The summed E-state index contributed by atoms with van der Waals surface area (Å²) < 4.78 is 0. The summed E-state index contributed by atoms with van der Waals surface area (Å²) in [6.45, 7) is 8.36. The molecule has 0 aliphatic rings. The van der Waals surface area contributed by atoms with Gasteiger partial charge in [0.15, 0.2) is 0 Å². The first-order chi connectivity index (χ1) is 11.4.